The van der Waals surface area contributed by atoms with Crippen LogP contribution in [0.3, 0.4) is 0 Å². The number of hydrogen-bond donors (Lipinski definition) is 1. The number of carbonyl (C=O) groups excluding carboxylic acids is 2. The number of aldehydes is 1. The summed E-state index contributed by atoms with van der Waals surface area (Å²) in [7, 11) is 0. The third-order valence-electron chi connectivity index (χ3n) is 4.94. The first-order valence-electron chi connectivity index (χ1n) is 9.41. The molecule has 0 aliphatic carbocycles. The molecule has 1 aliphatic rings. The van der Waals surface area contributed by atoms with Crippen LogP contribution in [0.2, 0.25) is 0 Å². The number of rotatable bonds is 6. The lowest BCUT2D eigenvalue weighted by molar-refractivity contribution is -0.167. The second kappa shape index (κ2) is 8.31. The van der Waals surface area contributed by atoms with E-state index in [4.69, 9.17) is 9.47 Å². The quantitative estimate of drug-likeness (QED) is 0.590. The Balaban J connectivity index is 2.71. The monoisotopic (exact) mass is 391 g/mol. The molecule has 0 saturated carbocycles. The molecule has 1 atom stereocenters. The van der Waals surface area contributed by atoms with Gasteiger partial charge in [-0.25, -0.2) is 9.59 Å². The molecule has 0 aromatic heterocycles. The Bertz CT molecular complexity index is 793. The highest BCUT2D eigenvalue weighted by molar-refractivity contribution is 5.80. The van der Waals surface area contributed by atoms with Crippen LogP contribution in [-0.2, 0) is 38.6 Å². The fraction of sp³-hybridized carbons (Fsp3) is 0.571. The summed E-state index contributed by atoms with van der Waals surface area (Å²) in [5.41, 5.74) is 4.09. The maximum atomic E-state index is 12.8. The lowest BCUT2D eigenvalue weighted by atomic mass is 9.85. The van der Waals surface area contributed by atoms with E-state index in [1.807, 2.05) is 34.6 Å². The first-order chi connectivity index (χ1) is 13.0. The predicted molar refractivity (Wildman–Crippen MR) is 103 cm³/mol. The molecule has 1 aromatic rings. The van der Waals surface area contributed by atoms with Crippen LogP contribution < -0.4 is 0 Å². The summed E-state index contributed by atoms with van der Waals surface area (Å²) in [4.78, 5) is 37.0. The van der Waals surface area contributed by atoms with Crippen LogP contribution >= 0.6 is 0 Å². The average Bonchev–Trinajstić information content (AvgIpc) is 3.04. The van der Waals surface area contributed by atoms with E-state index in [-0.39, 0.29) is 26.1 Å². The van der Waals surface area contributed by atoms with Gasteiger partial charge in [0, 0.05) is 19.5 Å². The van der Waals surface area contributed by atoms with Crippen molar-refractivity contribution in [3.05, 3.63) is 33.4 Å². The van der Waals surface area contributed by atoms with Crippen molar-refractivity contribution in [2.75, 3.05) is 6.61 Å². The summed E-state index contributed by atoms with van der Waals surface area (Å²) < 4.78 is 11.3. The van der Waals surface area contributed by atoms with Crippen molar-refractivity contribution in [3.63, 3.8) is 0 Å². The number of nitrogens with zero attached hydrogens (tertiary/aromatic N) is 1. The van der Waals surface area contributed by atoms with Crippen LogP contribution in [0.4, 0.5) is 4.79 Å². The summed E-state index contributed by atoms with van der Waals surface area (Å²) in [5.74, 6) is -0.514. The molecule has 0 radical (unpaired) electrons. The van der Waals surface area contributed by atoms with Crippen molar-refractivity contribution in [1.82, 2.24) is 4.90 Å². The molecule has 0 saturated heterocycles. The molecule has 7 heteroatoms. The number of carboxylic acid groups (broad SMARTS) is 1. The number of fused-ring (bicyclic) bond motifs is 1. The van der Waals surface area contributed by atoms with Crippen LogP contribution in [-0.4, -0.2) is 40.6 Å². The van der Waals surface area contributed by atoms with Crippen molar-refractivity contribution < 1.29 is 29.0 Å². The molecule has 154 valence electrons. The molecule has 1 aliphatic heterocycles. The summed E-state index contributed by atoms with van der Waals surface area (Å²) in [6.07, 6.45) is -1.08. The lowest BCUT2D eigenvalue weighted by Gasteiger charge is -2.30. The summed E-state index contributed by atoms with van der Waals surface area (Å²) in [6, 6.07) is 0. The van der Waals surface area contributed by atoms with Gasteiger partial charge in [-0.3, -0.25) is 4.90 Å². The van der Waals surface area contributed by atoms with Crippen LogP contribution in [0.1, 0.15) is 67.2 Å². The zero-order chi connectivity index (χ0) is 21.2. The highest BCUT2D eigenvalue weighted by Crippen LogP contribution is 2.39. The summed E-state index contributed by atoms with van der Waals surface area (Å²) >= 11 is 0. The molecule has 0 spiro atoms. The Kier molecular flexibility index (Phi) is 6.49. The number of amides is 1. The molecule has 2 rings (SSSR count). The van der Waals surface area contributed by atoms with Gasteiger partial charge in [-0.2, -0.15) is 0 Å². The van der Waals surface area contributed by atoms with E-state index >= 15 is 0 Å². The average molecular weight is 391 g/mol. The largest absolute Gasteiger partial charge is 0.465 e. The van der Waals surface area contributed by atoms with Crippen molar-refractivity contribution in [2.45, 2.75) is 72.8 Å². The zero-order valence-electron chi connectivity index (χ0n) is 17.4. The second-order valence-electron chi connectivity index (χ2n) is 7.97. The normalized spacial score (nSPS) is 14.6. The van der Waals surface area contributed by atoms with Gasteiger partial charge in [-0.05, 0) is 74.9 Å². The Morgan fingerprint density at radius 2 is 1.75 bits per heavy atom. The van der Waals surface area contributed by atoms with Gasteiger partial charge in [-0.1, -0.05) is 0 Å². The third-order valence-corrected chi connectivity index (χ3v) is 4.94. The summed E-state index contributed by atoms with van der Waals surface area (Å²) in [6.45, 7) is 11.7. The molecule has 1 heterocycles. The number of hydrogen-bond acceptors (Lipinski definition) is 5. The fourth-order valence-corrected chi connectivity index (χ4v) is 3.72. The van der Waals surface area contributed by atoms with E-state index < -0.39 is 23.8 Å². The van der Waals surface area contributed by atoms with Crippen LogP contribution in [0.25, 0.3) is 0 Å². The molecule has 28 heavy (non-hydrogen) atoms. The van der Waals surface area contributed by atoms with E-state index in [0.717, 1.165) is 28.5 Å². The van der Waals surface area contributed by atoms with E-state index in [0.29, 0.717) is 11.1 Å². The molecule has 1 aromatic carbocycles. The molecule has 7 nitrogen and oxygen atoms in total. The second-order valence-corrected chi connectivity index (χ2v) is 7.97. The van der Waals surface area contributed by atoms with Crippen molar-refractivity contribution >= 4 is 18.3 Å². The molecule has 0 unspecified atom stereocenters. The Hall–Kier alpha value is -2.41. The topological polar surface area (TPSA) is 93.1 Å². The number of ether oxygens (including phenoxy) is 2. The van der Waals surface area contributed by atoms with Crippen LogP contribution in [0.15, 0.2) is 0 Å². The first-order valence-corrected chi connectivity index (χ1v) is 9.41. The fourth-order valence-electron chi connectivity index (χ4n) is 3.72. The minimum Gasteiger partial charge on any atom is -0.465 e. The van der Waals surface area contributed by atoms with E-state index in [9.17, 15) is 19.5 Å². The van der Waals surface area contributed by atoms with Gasteiger partial charge in [0.2, 0.25) is 0 Å². The number of benzene rings is 1. The Morgan fingerprint density at radius 1 is 1.18 bits per heavy atom. The van der Waals surface area contributed by atoms with E-state index in [1.165, 1.54) is 4.90 Å². The maximum Gasteiger partial charge on any atom is 0.407 e. The molecule has 1 N–H and O–H groups in total. The zero-order valence-corrected chi connectivity index (χ0v) is 17.4. The van der Waals surface area contributed by atoms with Crippen molar-refractivity contribution in [2.24, 2.45) is 0 Å². The SMILES string of the molecule is CCOC(=O)[C@@H](OC(C)(C)C)c1c(C)c2c(c(C)c1CC=O)CN(C(=O)O)C2. The van der Waals surface area contributed by atoms with Gasteiger partial charge in [0.15, 0.2) is 6.10 Å². The minimum absolute atomic E-state index is 0.117. The standard InChI is InChI=1S/C21H29NO6/c1-7-27-19(24)18(28-21(4,5)6)17-13(3)16-11-22(20(25)26)10-15(16)12(2)14(17)8-9-23/h9,18H,7-8,10-11H2,1-6H3,(H,25,26)/t18-/m0/s1. The van der Waals surface area contributed by atoms with Gasteiger partial charge in [0.05, 0.1) is 12.2 Å². The maximum absolute atomic E-state index is 12.8. The summed E-state index contributed by atoms with van der Waals surface area (Å²) in [5, 5.41) is 9.40. The van der Waals surface area contributed by atoms with Crippen LogP contribution in [0, 0.1) is 13.8 Å². The molecular formula is C21H29NO6. The van der Waals surface area contributed by atoms with Gasteiger partial charge in [-0.15, -0.1) is 0 Å². The van der Waals surface area contributed by atoms with E-state index in [1.54, 1.807) is 6.92 Å². The van der Waals surface area contributed by atoms with Gasteiger partial charge < -0.3 is 19.4 Å². The Morgan fingerprint density at radius 3 is 2.21 bits per heavy atom. The predicted octanol–water partition coefficient (Wildman–Crippen LogP) is 3.46. The minimum atomic E-state index is -0.999. The Labute approximate surface area is 165 Å². The van der Waals surface area contributed by atoms with Crippen molar-refractivity contribution in [3.8, 4) is 0 Å². The molecule has 0 fully saturated rings. The first kappa shape index (κ1) is 21.9. The molecular weight excluding hydrogens is 362 g/mol. The third kappa shape index (κ3) is 4.35. The van der Waals surface area contributed by atoms with Gasteiger partial charge in [0.1, 0.15) is 6.29 Å². The lowest BCUT2D eigenvalue weighted by Crippen LogP contribution is -2.30. The molecule has 0 bridgehead atoms. The highest BCUT2D eigenvalue weighted by Gasteiger charge is 2.36. The van der Waals surface area contributed by atoms with Gasteiger partial charge in [0.25, 0.3) is 0 Å². The number of carbonyl (C=O) groups is 3. The smallest absolute Gasteiger partial charge is 0.407 e. The van der Waals surface area contributed by atoms with Crippen molar-refractivity contribution in [1.29, 1.82) is 0 Å². The van der Waals surface area contributed by atoms with Crippen LogP contribution in [0.5, 0.6) is 0 Å². The van der Waals surface area contributed by atoms with Gasteiger partial charge >= 0.3 is 12.1 Å². The highest BCUT2D eigenvalue weighted by atomic mass is 16.6. The molecule has 1 amide bonds. The number of esters is 1. The van der Waals surface area contributed by atoms with E-state index in [2.05, 4.69) is 0 Å².